The van der Waals surface area contributed by atoms with Crippen molar-refractivity contribution >= 4 is 34.8 Å². The van der Waals surface area contributed by atoms with Gasteiger partial charge in [-0.2, -0.15) is 0 Å². The van der Waals surface area contributed by atoms with Crippen LogP contribution in [0.5, 0.6) is 0 Å². The second kappa shape index (κ2) is 4.49. The number of halogens is 2. The van der Waals surface area contributed by atoms with E-state index in [-0.39, 0.29) is 5.91 Å². The number of nitrogens with zero attached hydrogens (tertiary/aromatic N) is 2. The molecule has 1 aromatic heterocycles. The van der Waals surface area contributed by atoms with Gasteiger partial charge in [0, 0.05) is 18.0 Å². The normalized spacial score (nSPS) is 17.7. The van der Waals surface area contributed by atoms with Crippen LogP contribution in [0.3, 0.4) is 0 Å². The maximum atomic E-state index is 12.3. The van der Waals surface area contributed by atoms with Gasteiger partial charge in [0.05, 0.1) is 21.3 Å². The van der Waals surface area contributed by atoms with Gasteiger partial charge in [-0.1, -0.05) is 29.3 Å². The summed E-state index contributed by atoms with van der Waals surface area (Å²) >= 11 is 12.2. The van der Waals surface area contributed by atoms with E-state index in [1.807, 2.05) is 0 Å². The van der Waals surface area contributed by atoms with Gasteiger partial charge in [-0.3, -0.25) is 14.7 Å². The van der Waals surface area contributed by atoms with E-state index >= 15 is 0 Å². The molecule has 4 nitrogen and oxygen atoms in total. The molecule has 0 saturated heterocycles. The average molecular weight is 295 g/mol. The van der Waals surface area contributed by atoms with Crippen LogP contribution < -0.4 is 4.90 Å². The fourth-order valence-electron chi connectivity index (χ4n) is 2.13. The minimum atomic E-state index is -1.13. The Balaban J connectivity index is 2.17. The van der Waals surface area contributed by atoms with Crippen molar-refractivity contribution in [1.29, 1.82) is 0 Å². The van der Waals surface area contributed by atoms with Crippen LogP contribution in [0.4, 0.5) is 5.69 Å². The fourth-order valence-corrected chi connectivity index (χ4v) is 2.71. The van der Waals surface area contributed by atoms with Gasteiger partial charge in [-0.05, 0) is 18.2 Å². The summed E-state index contributed by atoms with van der Waals surface area (Å²) in [5.41, 5.74) is 1.15. The van der Waals surface area contributed by atoms with E-state index in [0.29, 0.717) is 26.9 Å². The topological polar surface area (TPSA) is 53.4 Å². The third-order valence-electron chi connectivity index (χ3n) is 3.00. The SMILES string of the molecule is O=C1c2ccncc2[C@H](O)N1c1c(Cl)cccc1Cl. The maximum Gasteiger partial charge on any atom is 0.261 e. The van der Waals surface area contributed by atoms with E-state index in [9.17, 15) is 9.90 Å². The largest absolute Gasteiger partial charge is 0.369 e. The molecule has 0 fully saturated rings. The standard InChI is InChI=1S/C13H8Cl2N2O2/c14-9-2-1-3-10(15)11(9)17-12(18)7-4-5-16-6-8(7)13(17)19/h1-6,13,19H/t13-/m0/s1. The summed E-state index contributed by atoms with van der Waals surface area (Å²) in [7, 11) is 0. The zero-order chi connectivity index (χ0) is 13.6. The van der Waals surface area contributed by atoms with E-state index in [4.69, 9.17) is 23.2 Å². The number of hydrogen-bond donors (Lipinski definition) is 1. The second-order valence-electron chi connectivity index (χ2n) is 4.08. The number of fused-ring (bicyclic) bond motifs is 1. The molecule has 6 heteroatoms. The van der Waals surface area contributed by atoms with Gasteiger partial charge < -0.3 is 5.11 Å². The molecule has 0 aliphatic carbocycles. The summed E-state index contributed by atoms with van der Waals surface area (Å²) in [5, 5.41) is 10.9. The van der Waals surface area contributed by atoms with Gasteiger partial charge in [-0.15, -0.1) is 0 Å². The quantitative estimate of drug-likeness (QED) is 0.879. The number of benzene rings is 1. The zero-order valence-electron chi connectivity index (χ0n) is 9.55. The number of aliphatic hydroxyl groups excluding tert-OH is 1. The van der Waals surface area contributed by atoms with Crippen molar-refractivity contribution in [2.45, 2.75) is 6.23 Å². The lowest BCUT2D eigenvalue weighted by Gasteiger charge is -2.23. The monoisotopic (exact) mass is 294 g/mol. The highest BCUT2D eigenvalue weighted by molar-refractivity contribution is 6.40. The zero-order valence-corrected chi connectivity index (χ0v) is 11.1. The highest BCUT2D eigenvalue weighted by atomic mass is 35.5. The molecule has 1 N–H and O–H groups in total. The Morgan fingerprint density at radius 1 is 1.21 bits per heavy atom. The number of aromatic nitrogens is 1. The molecule has 1 aliphatic heterocycles. The predicted octanol–water partition coefficient (Wildman–Crippen LogP) is 3.04. The van der Waals surface area contributed by atoms with E-state index in [0.717, 1.165) is 0 Å². The Morgan fingerprint density at radius 3 is 2.53 bits per heavy atom. The maximum absolute atomic E-state index is 12.3. The molecule has 0 unspecified atom stereocenters. The number of anilines is 1. The molecule has 2 aromatic rings. The van der Waals surface area contributed by atoms with Crippen molar-refractivity contribution in [2.75, 3.05) is 4.90 Å². The van der Waals surface area contributed by atoms with Crippen molar-refractivity contribution < 1.29 is 9.90 Å². The summed E-state index contributed by atoms with van der Waals surface area (Å²) in [4.78, 5) is 17.4. The van der Waals surface area contributed by atoms with Gasteiger partial charge in [-0.25, -0.2) is 0 Å². The Hall–Kier alpha value is -1.62. The molecular weight excluding hydrogens is 287 g/mol. The molecule has 0 bridgehead atoms. The van der Waals surface area contributed by atoms with Crippen LogP contribution in [-0.4, -0.2) is 16.0 Å². The first-order valence-corrected chi connectivity index (χ1v) is 6.26. The third-order valence-corrected chi connectivity index (χ3v) is 3.61. The van der Waals surface area contributed by atoms with Crippen LogP contribution in [0, 0.1) is 0 Å². The van der Waals surface area contributed by atoms with Gasteiger partial charge in [0.15, 0.2) is 6.23 Å². The fraction of sp³-hybridized carbons (Fsp3) is 0.0769. The number of carbonyl (C=O) groups is 1. The van der Waals surface area contributed by atoms with Gasteiger partial charge >= 0.3 is 0 Å². The third kappa shape index (κ3) is 1.80. The summed E-state index contributed by atoms with van der Waals surface area (Å²) in [6.07, 6.45) is 1.83. The molecule has 19 heavy (non-hydrogen) atoms. The molecule has 2 heterocycles. The molecule has 1 aliphatic rings. The Bertz CT molecular complexity index is 655. The second-order valence-corrected chi connectivity index (χ2v) is 4.90. The molecule has 0 spiro atoms. The molecule has 1 atom stereocenters. The van der Waals surface area contributed by atoms with Crippen LogP contribution >= 0.6 is 23.2 Å². The van der Waals surface area contributed by atoms with Crippen LogP contribution in [0.15, 0.2) is 36.7 Å². The van der Waals surface area contributed by atoms with E-state index in [1.54, 1.807) is 24.3 Å². The van der Waals surface area contributed by atoms with Crippen molar-refractivity contribution in [3.8, 4) is 0 Å². The van der Waals surface area contributed by atoms with E-state index in [1.165, 1.54) is 17.3 Å². The molecule has 1 amide bonds. The lowest BCUT2D eigenvalue weighted by molar-refractivity contribution is 0.0935. The van der Waals surface area contributed by atoms with Gasteiger partial charge in [0.1, 0.15) is 0 Å². The summed E-state index contributed by atoms with van der Waals surface area (Å²) < 4.78 is 0. The Labute approximate surface area is 119 Å². The average Bonchev–Trinajstić information content (AvgIpc) is 2.64. The first kappa shape index (κ1) is 12.4. The number of hydrogen-bond acceptors (Lipinski definition) is 3. The van der Waals surface area contributed by atoms with Gasteiger partial charge in [0.2, 0.25) is 0 Å². The lowest BCUT2D eigenvalue weighted by atomic mass is 10.2. The predicted molar refractivity (Wildman–Crippen MR) is 72.5 cm³/mol. The number of para-hydroxylation sites is 1. The highest BCUT2D eigenvalue weighted by Gasteiger charge is 2.38. The number of carbonyl (C=O) groups excluding carboxylic acids is 1. The highest BCUT2D eigenvalue weighted by Crippen LogP contribution is 2.42. The minimum absolute atomic E-state index is 0.305. The summed E-state index contributed by atoms with van der Waals surface area (Å²) in [5.74, 6) is -0.347. The molecule has 0 saturated carbocycles. The van der Waals surface area contributed by atoms with E-state index in [2.05, 4.69) is 4.98 Å². The van der Waals surface area contributed by atoms with Crippen LogP contribution in [0.1, 0.15) is 22.1 Å². The number of rotatable bonds is 1. The van der Waals surface area contributed by atoms with Crippen molar-refractivity contribution in [3.63, 3.8) is 0 Å². The Kier molecular flexibility index (Phi) is 2.93. The smallest absolute Gasteiger partial charge is 0.261 e. The molecule has 1 aromatic carbocycles. The lowest BCUT2D eigenvalue weighted by Crippen LogP contribution is -2.28. The summed E-state index contributed by atoms with van der Waals surface area (Å²) in [6, 6.07) is 6.47. The first-order chi connectivity index (χ1) is 9.11. The first-order valence-electron chi connectivity index (χ1n) is 5.51. The van der Waals surface area contributed by atoms with E-state index < -0.39 is 6.23 Å². The molecule has 0 radical (unpaired) electrons. The van der Waals surface area contributed by atoms with Crippen LogP contribution in [0.25, 0.3) is 0 Å². The molecule has 96 valence electrons. The van der Waals surface area contributed by atoms with Crippen molar-refractivity contribution in [3.05, 3.63) is 57.8 Å². The minimum Gasteiger partial charge on any atom is -0.369 e. The number of amides is 1. The van der Waals surface area contributed by atoms with Gasteiger partial charge in [0.25, 0.3) is 5.91 Å². The van der Waals surface area contributed by atoms with Crippen LogP contribution in [0.2, 0.25) is 10.0 Å². The summed E-state index contributed by atoms with van der Waals surface area (Å²) in [6.45, 7) is 0. The van der Waals surface area contributed by atoms with Crippen molar-refractivity contribution in [1.82, 2.24) is 4.98 Å². The number of aliphatic hydroxyl groups is 1. The number of pyridine rings is 1. The van der Waals surface area contributed by atoms with Crippen molar-refractivity contribution in [2.24, 2.45) is 0 Å². The molecular formula is C13H8Cl2N2O2. The van der Waals surface area contributed by atoms with Crippen LogP contribution in [-0.2, 0) is 0 Å². The Morgan fingerprint density at radius 2 is 1.89 bits per heavy atom. The molecule has 3 rings (SSSR count).